The lowest BCUT2D eigenvalue weighted by Crippen LogP contribution is -2.42. The van der Waals surface area contributed by atoms with Gasteiger partial charge in [0.15, 0.2) is 0 Å². The van der Waals surface area contributed by atoms with Crippen LogP contribution in [0, 0.1) is 11.3 Å². The summed E-state index contributed by atoms with van der Waals surface area (Å²) in [5.41, 5.74) is 0.0257. The van der Waals surface area contributed by atoms with E-state index in [9.17, 15) is 19.1 Å². The van der Waals surface area contributed by atoms with Crippen LogP contribution in [-0.2, 0) is 4.74 Å². The number of hydrogen-bond acceptors (Lipinski definition) is 8. The maximum atomic E-state index is 14.2. The number of anilines is 1. The first kappa shape index (κ1) is 25.8. The Kier molecular flexibility index (Phi) is 7.26. The first-order valence-corrected chi connectivity index (χ1v) is 11.7. The Bertz CT molecular complexity index is 1360. The summed E-state index contributed by atoms with van der Waals surface area (Å²) in [4.78, 5) is 35.3. The van der Waals surface area contributed by atoms with Gasteiger partial charge < -0.3 is 25.4 Å². The molecule has 0 aliphatic carbocycles. The molecular weight excluding hydrogens is 481 g/mol. The van der Waals surface area contributed by atoms with E-state index in [-0.39, 0.29) is 18.2 Å². The molecule has 1 saturated heterocycles. The van der Waals surface area contributed by atoms with Crippen molar-refractivity contribution in [2.75, 3.05) is 32.1 Å². The third-order valence-corrected chi connectivity index (χ3v) is 6.23. The number of nitriles is 1. The van der Waals surface area contributed by atoms with Crippen molar-refractivity contribution < 1.29 is 23.8 Å². The van der Waals surface area contributed by atoms with Crippen molar-refractivity contribution in [1.82, 2.24) is 24.8 Å². The predicted octanol–water partition coefficient (Wildman–Crippen LogP) is 2.38. The Morgan fingerprint density at radius 1 is 1.35 bits per heavy atom. The smallest absolute Gasteiger partial charge is 0.409 e. The summed E-state index contributed by atoms with van der Waals surface area (Å²) in [5, 5.41) is 25.6. The van der Waals surface area contributed by atoms with Gasteiger partial charge in [-0.15, -0.1) is 0 Å². The van der Waals surface area contributed by atoms with E-state index >= 15 is 0 Å². The van der Waals surface area contributed by atoms with E-state index in [1.807, 2.05) is 6.07 Å². The quantitative estimate of drug-likeness (QED) is 0.440. The minimum atomic E-state index is -1.67. The number of methoxy groups -OCH3 is 1. The summed E-state index contributed by atoms with van der Waals surface area (Å²) in [6, 6.07) is 7.10. The summed E-state index contributed by atoms with van der Waals surface area (Å²) >= 11 is 0. The maximum Gasteiger partial charge on any atom is 0.409 e. The lowest BCUT2D eigenvalue weighted by atomic mass is 10.0. The van der Waals surface area contributed by atoms with Crippen LogP contribution in [0.1, 0.15) is 36.2 Å². The second-order valence-electron chi connectivity index (χ2n) is 9.40. The van der Waals surface area contributed by atoms with Crippen molar-refractivity contribution in [2.45, 2.75) is 38.1 Å². The zero-order valence-corrected chi connectivity index (χ0v) is 20.7. The Morgan fingerprint density at radius 3 is 2.84 bits per heavy atom. The van der Waals surface area contributed by atoms with Crippen LogP contribution in [0.5, 0.6) is 0 Å². The molecule has 3 N–H and O–H groups in total. The Labute approximate surface area is 212 Å². The normalized spacial score (nSPS) is 16.3. The fourth-order valence-electron chi connectivity index (χ4n) is 4.07. The van der Waals surface area contributed by atoms with Gasteiger partial charge in [0.2, 0.25) is 0 Å². The lowest BCUT2D eigenvalue weighted by molar-refractivity contribution is -0.00177. The number of carbonyl (C=O) groups excluding carboxylic acids is 2. The predicted molar refractivity (Wildman–Crippen MR) is 133 cm³/mol. The highest BCUT2D eigenvalue weighted by atomic mass is 19.1. The number of hydrogen-bond donors (Lipinski definition) is 3. The van der Waals surface area contributed by atoms with Crippen LogP contribution >= 0.6 is 0 Å². The fourth-order valence-corrected chi connectivity index (χ4v) is 4.07. The molecular formula is C25H28FN7O4. The first-order chi connectivity index (χ1) is 17.6. The average molecular weight is 510 g/mol. The molecule has 37 heavy (non-hydrogen) atoms. The number of pyridine rings is 2. The van der Waals surface area contributed by atoms with E-state index in [2.05, 4.69) is 26.7 Å². The molecule has 1 aliphatic rings. The lowest BCUT2D eigenvalue weighted by Gasteiger charge is -2.23. The van der Waals surface area contributed by atoms with Crippen LogP contribution in [0.2, 0.25) is 0 Å². The number of likely N-dealkylation sites (tertiary alicyclic amines) is 1. The van der Waals surface area contributed by atoms with Gasteiger partial charge in [0.05, 0.1) is 36.1 Å². The van der Waals surface area contributed by atoms with Gasteiger partial charge in [-0.05, 0) is 32.4 Å². The zero-order chi connectivity index (χ0) is 26.7. The van der Waals surface area contributed by atoms with Crippen LogP contribution in [0.3, 0.4) is 0 Å². The molecule has 0 bridgehead atoms. The number of nitrogens with one attached hydrogen (secondary N) is 2. The number of aromatic nitrogens is 3. The highest BCUT2D eigenvalue weighted by Gasteiger charge is 2.29. The Balaban J connectivity index is 1.65. The van der Waals surface area contributed by atoms with E-state index in [4.69, 9.17) is 10.00 Å². The van der Waals surface area contributed by atoms with Gasteiger partial charge in [-0.3, -0.25) is 9.36 Å². The van der Waals surface area contributed by atoms with Gasteiger partial charge >= 0.3 is 6.09 Å². The van der Waals surface area contributed by atoms with Gasteiger partial charge in [0.1, 0.15) is 23.7 Å². The van der Waals surface area contributed by atoms with Crippen molar-refractivity contribution in [1.29, 1.82) is 5.26 Å². The molecule has 0 saturated carbocycles. The van der Waals surface area contributed by atoms with Crippen LogP contribution in [-0.4, -0.2) is 81.1 Å². The number of rotatable bonds is 7. The number of ether oxygens (including phenoxy) is 1. The van der Waals surface area contributed by atoms with Gasteiger partial charge in [-0.2, -0.15) is 5.26 Å². The molecule has 1 aliphatic heterocycles. The number of halogens is 1. The molecule has 2 amide bonds. The maximum absolute atomic E-state index is 14.2. The second-order valence-corrected chi connectivity index (χ2v) is 9.40. The molecule has 194 valence electrons. The second kappa shape index (κ2) is 10.4. The standard InChI is InChI=1S/C25H28FN7O4/c1-25(2,36)20(26)13-30-23(34)18-12-28-21(33-7-4-16-8-15(10-27)11-29-22(16)33)9-19(18)31-17-5-6-32(14-17)24(35)37-3/h4,7-9,11-12,17,20,36H,5-6,13-14H2,1-3H3,(H,28,31)(H,30,34)/t17?,20-/m1/s1. The molecule has 1 unspecified atom stereocenters. The third-order valence-electron chi connectivity index (χ3n) is 6.23. The number of carbonyl (C=O) groups is 2. The van der Waals surface area contributed by atoms with Crippen molar-refractivity contribution >= 4 is 28.7 Å². The van der Waals surface area contributed by atoms with Crippen LogP contribution in [0.4, 0.5) is 14.9 Å². The molecule has 12 heteroatoms. The monoisotopic (exact) mass is 509 g/mol. The summed E-state index contributed by atoms with van der Waals surface area (Å²) in [6.07, 6.45) is 3.14. The minimum Gasteiger partial charge on any atom is -0.453 e. The zero-order valence-electron chi connectivity index (χ0n) is 20.7. The molecule has 11 nitrogen and oxygen atoms in total. The summed E-state index contributed by atoms with van der Waals surface area (Å²) in [7, 11) is 1.32. The van der Waals surface area contributed by atoms with E-state index in [0.29, 0.717) is 42.2 Å². The fraction of sp³-hybridized carbons (Fsp3) is 0.400. The summed E-state index contributed by atoms with van der Waals surface area (Å²) in [5.74, 6) is -0.0978. The molecule has 3 aromatic heterocycles. The molecule has 4 heterocycles. The van der Waals surface area contributed by atoms with E-state index in [1.54, 1.807) is 27.8 Å². The third kappa shape index (κ3) is 5.62. The molecule has 4 rings (SSSR count). The highest BCUT2D eigenvalue weighted by molar-refractivity contribution is 5.99. The van der Waals surface area contributed by atoms with Gasteiger partial charge in [0.25, 0.3) is 5.91 Å². The van der Waals surface area contributed by atoms with Gasteiger partial charge in [-0.25, -0.2) is 19.2 Å². The SMILES string of the molecule is COC(=O)N1CCC(Nc2cc(-n3ccc4cc(C#N)cnc43)ncc2C(=O)NC[C@@H](F)C(C)(C)O)C1. The Morgan fingerprint density at radius 2 is 2.14 bits per heavy atom. The van der Waals surface area contributed by atoms with Crippen molar-refractivity contribution in [3.63, 3.8) is 0 Å². The molecule has 3 aromatic rings. The van der Waals surface area contributed by atoms with Crippen molar-refractivity contribution in [2.24, 2.45) is 0 Å². The molecule has 0 radical (unpaired) electrons. The van der Waals surface area contributed by atoms with Gasteiger partial charge in [-0.1, -0.05) is 0 Å². The number of nitrogens with zero attached hydrogens (tertiary/aromatic N) is 5. The number of aliphatic hydroxyl groups is 1. The number of fused-ring (bicyclic) bond motifs is 1. The van der Waals surface area contributed by atoms with Crippen molar-refractivity contribution in [3.05, 3.63) is 47.9 Å². The van der Waals surface area contributed by atoms with Crippen molar-refractivity contribution in [3.8, 4) is 11.9 Å². The molecule has 2 atom stereocenters. The van der Waals surface area contributed by atoms with Gasteiger partial charge in [0, 0.05) is 49.2 Å². The molecule has 1 fully saturated rings. The number of amides is 2. The summed E-state index contributed by atoms with van der Waals surface area (Å²) in [6.45, 7) is 3.15. The van der Waals surface area contributed by atoms with E-state index in [0.717, 1.165) is 5.39 Å². The summed E-state index contributed by atoms with van der Waals surface area (Å²) < 4.78 is 20.8. The Hall–Kier alpha value is -4.24. The van der Waals surface area contributed by atoms with E-state index in [1.165, 1.54) is 33.4 Å². The minimum absolute atomic E-state index is 0.163. The van der Waals surface area contributed by atoms with Crippen LogP contribution in [0.15, 0.2) is 36.8 Å². The molecule has 0 spiro atoms. The topological polar surface area (TPSA) is 145 Å². The molecule has 0 aromatic carbocycles. The van der Waals surface area contributed by atoms with Crippen LogP contribution in [0.25, 0.3) is 16.9 Å². The van der Waals surface area contributed by atoms with E-state index < -0.39 is 23.8 Å². The average Bonchev–Trinajstić information content (AvgIpc) is 3.52. The van der Waals surface area contributed by atoms with Crippen LogP contribution < -0.4 is 10.6 Å². The largest absolute Gasteiger partial charge is 0.453 e. The highest BCUT2D eigenvalue weighted by Crippen LogP contribution is 2.25. The first-order valence-electron chi connectivity index (χ1n) is 11.7. The number of alkyl halides is 1.